The van der Waals surface area contributed by atoms with Gasteiger partial charge in [0.2, 0.25) is 0 Å². The molecule has 0 aliphatic carbocycles. The molecular formula is C23H24ClN4O+. The lowest BCUT2D eigenvalue weighted by Crippen LogP contribution is -3.13. The summed E-state index contributed by atoms with van der Waals surface area (Å²) in [5.41, 5.74) is 3.69. The second-order valence-electron chi connectivity index (χ2n) is 7.24. The van der Waals surface area contributed by atoms with E-state index in [1.54, 1.807) is 23.2 Å². The molecule has 1 fully saturated rings. The number of carbonyl (C=O) groups is 1. The van der Waals surface area contributed by atoms with Crippen LogP contribution >= 0.6 is 11.6 Å². The SMILES string of the molecule is O=C(Nc1ccc(N2CC[NH+](Cc3ccccc3)CC2)cc1)c1cccnc1Cl. The molecule has 1 aromatic heterocycles. The Labute approximate surface area is 175 Å². The van der Waals surface area contributed by atoms with E-state index in [0.717, 1.165) is 38.4 Å². The van der Waals surface area contributed by atoms with Gasteiger partial charge in [-0.1, -0.05) is 41.9 Å². The zero-order valence-electron chi connectivity index (χ0n) is 16.1. The number of benzene rings is 2. The lowest BCUT2D eigenvalue weighted by atomic mass is 10.2. The number of pyridine rings is 1. The number of carbonyl (C=O) groups excluding carboxylic acids is 1. The first-order valence-electron chi connectivity index (χ1n) is 9.83. The van der Waals surface area contributed by atoms with Crippen LogP contribution in [-0.4, -0.2) is 37.1 Å². The van der Waals surface area contributed by atoms with E-state index in [1.807, 2.05) is 12.1 Å². The van der Waals surface area contributed by atoms with Crippen molar-refractivity contribution in [3.63, 3.8) is 0 Å². The maximum absolute atomic E-state index is 12.4. The number of anilines is 2. The Bertz CT molecular complexity index is 954. The maximum atomic E-state index is 12.4. The summed E-state index contributed by atoms with van der Waals surface area (Å²) in [6.07, 6.45) is 1.56. The highest BCUT2D eigenvalue weighted by atomic mass is 35.5. The summed E-state index contributed by atoms with van der Waals surface area (Å²) >= 11 is 5.99. The van der Waals surface area contributed by atoms with Gasteiger partial charge in [0.05, 0.1) is 31.7 Å². The Morgan fingerprint density at radius 2 is 1.72 bits per heavy atom. The van der Waals surface area contributed by atoms with Crippen LogP contribution in [0.3, 0.4) is 0 Å². The van der Waals surface area contributed by atoms with Crippen LogP contribution < -0.4 is 15.1 Å². The number of nitrogens with one attached hydrogen (secondary N) is 2. The van der Waals surface area contributed by atoms with E-state index < -0.39 is 0 Å². The first-order chi connectivity index (χ1) is 14.2. The zero-order valence-corrected chi connectivity index (χ0v) is 16.9. The molecule has 5 nitrogen and oxygen atoms in total. The third-order valence-corrected chi connectivity index (χ3v) is 5.56. The molecule has 1 saturated heterocycles. The fraction of sp³-hybridized carbons (Fsp3) is 0.217. The standard InChI is InChI=1S/C23H23ClN4O/c24-22-21(7-4-12-25-22)23(29)26-19-8-10-20(11-9-19)28-15-13-27(14-16-28)17-18-5-2-1-3-6-18/h1-12H,13-17H2,(H,26,29)/p+1. The molecule has 3 aromatic rings. The Balaban J connectivity index is 1.32. The van der Waals surface area contributed by atoms with Crippen molar-refractivity contribution in [2.75, 3.05) is 36.4 Å². The van der Waals surface area contributed by atoms with E-state index in [1.165, 1.54) is 11.3 Å². The summed E-state index contributed by atoms with van der Waals surface area (Å²) < 4.78 is 0. The molecule has 1 aliphatic heterocycles. The van der Waals surface area contributed by atoms with Crippen molar-refractivity contribution in [2.24, 2.45) is 0 Å². The minimum Gasteiger partial charge on any atom is -0.360 e. The molecule has 2 aromatic carbocycles. The highest BCUT2D eigenvalue weighted by molar-refractivity contribution is 6.33. The lowest BCUT2D eigenvalue weighted by Gasteiger charge is -2.33. The van der Waals surface area contributed by atoms with Gasteiger partial charge in [-0.2, -0.15) is 0 Å². The number of halogens is 1. The van der Waals surface area contributed by atoms with E-state index >= 15 is 0 Å². The number of aromatic nitrogens is 1. The predicted molar refractivity (Wildman–Crippen MR) is 117 cm³/mol. The molecule has 6 heteroatoms. The number of rotatable bonds is 5. The number of nitrogens with zero attached hydrogens (tertiary/aromatic N) is 2. The maximum Gasteiger partial charge on any atom is 0.258 e. The summed E-state index contributed by atoms with van der Waals surface area (Å²) in [4.78, 5) is 20.3. The average Bonchev–Trinajstić information content (AvgIpc) is 2.76. The van der Waals surface area contributed by atoms with Crippen molar-refractivity contribution in [3.8, 4) is 0 Å². The first-order valence-corrected chi connectivity index (χ1v) is 10.2. The Hall–Kier alpha value is -2.89. The minimum atomic E-state index is -0.256. The van der Waals surface area contributed by atoms with Crippen LogP contribution in [0.1, 0.15) is 15.9 Å². The monoisotopic (exact) mass is 407 g/mol. The number of quaternary nitrogens is 1. The average molecular weight is 408 g/mol. The predicted octanol–water partition coefficient (Wildman–Crippen LogP) is 2.89. The molecule has 0 unspecified atom stereocenters. The van der Waals surface area contributed by atoms with Gasteiger partial charge in [-0.15, -0.1) is 0 Å². The van der Waals surface area contributed by atoms with Gasteiger partial charge in [0, 0.05) is 23.1 Å². The van der Waals surface area contributed by atoms with E-state index in [2.05, 4.69) is 57.7 Å². The smallest absolute Gasteiger partial charge is 0.258 e. The van der Waals surface area contributed by atoms with Gasteiger partial charge >= 0.3 is 0 Å². The highest BCUT2D eigenvalue weighted by Crippen LogP contribution is 2.20. The van der Waals surface area contributed by atoms with Gasteiger partial charge in [0.1, 0.15) is 11.7 Å². The summed E-state index contributed by atoms with van der Waals surface area (Å²) in [5, 5.41) is 3.08. The molecule has 1 amide bonds. The molecule has 1 aliphatic rings. The van der Waals surface area contributed by atoms with Crippen molar-refractivity contribution in [2.45, 2.75) is 6.54 Å². The van der Waals surface area contributed by atoms with Crippen molar-refractivity contribution < 1.29 is 9.69 Å². The molecule has 0 radical (unpaired) electrons. The van der Waals surface area contributed by atoms with Crippen LogP contribution in [0.5, 0.6) is 0 Å². The molecule has 4 rings (SSSR count). The number of piperazine rings is 1. The first kappa shape index (κ1) is 19.4. The fourth-order valence-corrected chi connectivity index (χ4v) is 3.86. The van der Waals surface area contributed by atoms with Crippen LogP contribution in [0, 0.1) is 0 Å². The van der Waals surface area contributed by atoms with Crippen molar-refractivity contribution in [1.29, 1.82) is 0 Å². The Kier molecular flexibility index (Phi) is 6.08. The summed E-state index contributed by atoms with van der Waals surface area (Å²) in [6, 6.07) is 22.0. The van der Waals surface area contributed by atoms with Crippen molar-refractivity contribution >= 4 is 28.9 Å². The van der Waals surface area contributed by atoms with Crippen LogP contribution in [0.15, 0.2) is 72.9 Å². The Morgan fingerprint density at radius 1 is 1.00 bits per heavy atom. The van der Waals surface area contributed by atoms with E-state index in [0.29, 0.717) is 5.56 Å². The molecule has 0 spiro atoms. The molecule has 0 saturated carbocycles. The largest absolute Gasteiger partial charge is 0.360 e. The van der Waals surface area contributed by atoms with E-state index in [-0.39, 0.29) is 11.1 Å². The van der Waals surface area contributed by atoms with Gasteiger partial charge in [0.25, 0.3) is 5.91 Å². The summed E-state index contributed by atoms with van der Waals surface area (Å²) in [7, 11) is 0. The van der Waals surface area contributed by atoms with Gasteiger partial charge in [-0.3, -0.25) is 4.79 Å². The molecule has 0 bridgehead atoms. The summed E-state index contributed by atoms with van der Waals surface area (Å²) in [6.45, 7) is 5.37. The molecule has 29 heavy (non-hydrogen) atoms. The van der Waals surface area contributed by atoms with Crippen LogP contribution in [0.2, 0.25) is 5.15 Å². The van der Waals surface area contributed by atoms with Gasteiger partial charge < -0.3 is 15.1 Å². The quantitative estimate of drug-likeness (QED) is 0.639. The fourth-order valence-electron chi connectivity index (χ4n) is 3.65. The molecule has 148 valence electrons. The second-order valence-corrected chi connectivity index (χ2v) is 7.60. The van der Waals surface area contributed by atoms with Crippen LogP contribution in [-0.2, 0) is 6.54 Å². The van der Waals surface area contributed by atoms with E-state index in [9.17, 15) is 4.79 Å². The normalized spacial score (nSPS) is 14.6. The third-order valence-electron chi connectivity index (χ3n) is 5.26. The van der Waals surface area contributed by atoms with Gasteiger partial charge in [-0.25, -0.2) is 4.98 Å². The molecule has 0 atom stereocenters. The van der Waals surface area contributed by atoms with Gasteiger partial charge in [0.15, 0.2) is 0 Å². The highest BCUT2D eigenvalue weighted by Gasteiger charge is 2.20. The molecular weight excluding hydrogens is 384 g/mol. The van der Waals surface area contributed by atoms with Crippen molar-refractivity contribution in [1.82, 2.24) is 4.98 Å². The zero-order chi connectivity index (χ0) is 20.1. The second kappa shape index (κ2) is 9.07. The third kappa shape index (κ3) is 4.94. The topological polar surface area (TPSA) is 49.7 Å². The molecule has 2 heterocycles. The minimum absolute atomic E-state index is 0.206. The Morgan fingerprint density at radius 3 is 2.41 bits per heavy atom. The van der Waals surface area contributed by atoms with Crippen LogP contribution in [0.4, 0.5) is 11.4 Å². The number of hydrogen-bond acceptors (Lipinski definition) is 3. The summed E-state index contributed by atoms with van der Waals surface area (Å²) in [5.74, 6) is -0.256. The van der Waals surface area contributed by atoms with Gasteiger partial charge in [-0.05, 0) is 36.4 Å². The van der Waals surface area contributed by atoms with E-state index in [4.69, 9.17) is 11.6 Å². The molecule has 2 N–H and O–H groups in total. The lowest BCUT2D eigenvalue weighted by molar-refractivity contribution is -0.914. The number of amides is 1. The van der Waals surface area contributed by atoms with Crippen molar-refractivity contribution in [3.05, 3.63) is 89.2 Å². The van der Waals surface area contributed by atoms with Crippen LogP contribution in [0.25, 0.3) is 0 Å². The number of hydrogen-bond donors (Lipinski definition) is 2.